The minimum absolute atomic E-state index is 0.0466. The van der Waals surface area contributed by atoms with Crippen LogP contribution in [0, 0.1) is 5.92 Å². The van der Waals surface area contributed by atoms with E-state index in [1.54, 1.807) is 42.5 Å². The average molecular weight is 356 g/mol. The maximum atomic E-state index is 12.6. The lowest BCUT2D eigenvalue weighted by Gasteiger charge is -2.31. The number of hydrogen-bond acceptors (Lipinski definition) is 5. The topological polar surface area (TPSA) is 104 Å². The van der Waals surface area contributed by atoms with Crippen molar-refractivity contribution in [2.24, 2.45) is 5.92 Å². The molecule has 136 valence electrons. The Labute approximate surface area is 150 Å². The number of aromatic nitrogens is 2. The summed E-state index contributed by atoms with van der Waals surface area (Å²) in [6.07, 6.45) is 4.04. The van der Waals surface area contributed by atoms with Gasteiger partial charge in [-0.05, 0) is 31.0 Å². The van der Waals surface area contributed by atoms with Crippen LogP contribution in [-0.4, -0.2) is 69.3 Å². The van der Waals surface area contributed by atoms with Crippen LogP contribution in [0.1, 0.15) is 23.2 Å². The summed E-state index contributed by atoms with van der Waals surface area (Å²) in [7, 11) is 1.57. The first kappa shape index (κ1) is 17.8. The van der Waals surface area contributed by atoms with Gasteiger partial charge in [0.05, 0.1) is 23.5 Å². The van der Waals surface area contributed by atoms with E-state index in [4.69, 9.17) is 5.11 Å². The summed E-state index contributed by atoms with van der Waals surface area (Å²) in [5, 5.41) is 9.02. The molecule has 0 unspecified atom stereocenters. The Hall–Kier alpha value is -3.03. The minimum atomic E-state index is -0.816. The number of carbonyl (C=O) groups excluding carboxylic acids is 2. The van der Waals surface area contributed by atoms with Crippen LogP contribution in [0.15, 0.2) is 30.6 Å². The molecule has 0 bridgehead atoms. The van der Waals surface area contributed by atoms with Crippen LogP contribution >= 0.6 is 0 Å². The van der Waals surface area contributed by atoms with Gasteiger partial charge < -0.3 is 14.9 Å². The predicted octanol–water partition coefficient (Wildman–Crippen LogP) is 1.02. The maximum Gasteiger partial charge on any atom is 0.306 e. The molecule has 2 amide bonds. The molecule has 0 radical (unpaired) electrons. The number of benzene rings is 1. The van der Waals surface area contributed by atoms with Crippen molar-refractivity contribution < 1.29 is 19.5 Å². The number of fused-ring (bicyclic) bond motifs is 1. The molecule has 8 nitrogen and oxygen atoms in total. The van der Waals surface area contributed by atoms with E-state index >= 15 is 0 Å². The molecule has 3 rings (SSSR count). The minimum Gasteiger partial charge on any atom is -0.481 e. The Morgan fingerprint density at radius 3 is 2.46 bits per heavy atom. The fourth-order valence-electron chi connectivity index (χ4n) is 3.07. The molecule has 1 aromatic carbocycles. The third kappa shape index (κ3) is 3.79. The summed E-state index contributed by atoms with van der Waals surface area (Å²) in [4.78, 5) is 47.3. The van der Waals surface area contributed by atoms with Gasteiger partial charge in [-0.2, -0.15) is 0 Å². The predicted molar refractivity (Wildman–Crippen MR) is 93.4 cm³/mol. The van der Waals surface area contributed by atoms with Crippen molar-refractivity contribution in [3.05, 3.63) is 36.2 Å². The van der Waals surface area contributed by atoms with Crippen LogP contribution in [0.4, 0.5) is 0 Å². The zero-order chi connectivity index (χ0) is 18.7. The quantitative estimate of drug-likeness (QED) is 0.877. The summed E-state index contributed by atoms with van der Waals surface area (Å²) >= 11 is 0. The van der Waals surface area contributed by atoms with Crippen molar-refractivity contribution in [1.29, 1.82) is 0 Å². The molecular formula is C18H20N4O4. The standard InChI is InChI=1S/C18H20N4O4/c1-21(11-16(23)22-8-4-12(5-9-22)18(25)26)17(24)13-2-3-14-15(10-13)20-7-6-19-14/h2-3,6-7,10,12H,4-5,8-9,11H2,1H3,(H,25,26). The van der Waals surface area contributed by atoms with Gasteiger partial charge >= 0.3 is 5.97 Å². The van der Waals surface area contributed by atoms with Gasteiger partial charge in [-0.3, -0.25) is 24.4 Å². The molecule has 1 aromatic heterocycles. The van der Waals surface area contributed by atoms with Gasteiger partial charge in [0.2, 0.25) is 5.91 Å². The molecule has 1 saturated heterocycles. The van der Waals surface area contributed by atoms with Gasteiger partial charge in [-0.15, -0.1) is 0 Å². The first-order valence-electron chi connectivity index (χ1n) is 8.42. The highest BCUT2D eigenvalue weighted by Gasteiger charge is 2.28. The lowest BCUT2D eigenvalue weighted by atomic mass is 9.97. The summed E-state index contributed by atoms with van der Waals surface area (Å²) in [6, 6.07) is 5.05. The van der Waals surface area contributed by atoms with Gasteiger partial charge in [-0.1, -0.05) is 0 Å². The molecule has 8 heteroatoms. The molecule has 1 N–H and O–H groups in total. The zero-order valence-electron chi connectivity index (χ0n) is 14.5. The van der Waals surface area contributed by atoms with Crippen LogP contribution in [-0.2, 0) is 9.59 Å². The Kier molecular flexibility index (Phi) is 5.11. The van der Waals surface area contributed by atoms with Crippen molar-refractivity contribution in [2.45, 2.75) is 12.8 Å². The van der Waals surface area contributed by atoms with E-state index in [0.29, 0.717) is 42.5 Å². The highest BCUT2D eigenvalue weighted by molar-refractivity contribution is 5.98. The molecular weight excluding hydrogens is 336 g/mol. The molecule has 0 atom stereocenters. The number of carbonyl (C=O) groups is 3. The third-order valence-corrected chi connectivity index (χ3v) is 4.63. The smallest absolute Gasteiger partial charge is 0.306 e. The van der Waals surface area contributed by atoms with Crippen LogP contribution in [0.2, 0.25) is 0 Å². The van der Waals surface area contributed by atoms with Crippen molar-refractivity contribution >= 4 is 28.8 Å². The molecule has 0 spiro atoms. The summed E-state index contributed by atoms with van der Waals surface area (Å²) in [6.45, 7) is 0.766. The number of nitrogens with zero attached hydrogens (tertiary/aromatic N) is 4. The highest BCUT2D eigenvalue weighted by atomic mass is 16.4. The summed E-state index contributed by atoms with van der Waals surface area (Å²) < 4.78 is 0. The molecule has 1 fully saturated rings. The van der Waals surface area contributed by atoms with Crippen molar-refractivity contribution in [2.75, 3.05) is 26.7 Å². The molecule has 26 heavy (non-hydrogen) atoms. The number of piperidine rings is 1. The second-order valence-corrected chi connectivity index (χ2v) is 6.41. The second kappa shape index (κ2) is 7.47. The molecule has 1 aliphatic heterocycles. The third-order valence-electron chi connectivity index (χ3n) is 4.63. The van der Waals surface area contributed by atoms with Gasteiger partial charge in [0.1, 0.15) is 0 Å². The number of hydrogen-bond donors (Lipinski definition) is 1. The van der Waals surface area contributed by atoms with Crippen molar-refractivity contribution in [3.8, 4) is 0 Å². The molecule has 0 aliphatic carbocycles. The van der Waals surface area contributed by atoms with E-state index in [1.165, 1.54) is 4.90 Å². The van der Waals surface area contributed by atoms with Crippen LogP contribution in [0.3, 0.4) is 0 Å². The number of carboxylic acids is 1. The number of amides is 2. The molecule has 2 aromatic rings. The zero-order valence-corrected chi connectivity index (χ0v) is 14.5. The lowest BCUT2D eigenvalue weighted by Crippen LogP contribution is -2.45. The summed E-state index contributed by atoms with van der Waals surface area (Å²) in [5.41, 5.74) is 1.76. The fraction of sp³-hybridized carbons (Fsp3) is 0.389. The number of likely N-dealkylation sites (N-methyl/N-ethyl adjacent to an activating group) is 1. The first-order chi connectivity index (χ1) is 12.5. The Balaban J connectivity index is 1.61. The van der Waals surface area contributed by atoms with Crippen LogP contribution in [0.25, 0.3) is 11.0 Å². The maximum absolute atomic E-state index is 12.6. The lowest BCUT2D eigenvalue weighted by molar-refractivity contribution is -0.145. The highest BCUT2D eigenvalue weighted by Crippen LogP contribution is 2.18. The van der Waals surface area contributed by atoms with E-state index < -0.39 is 11.9 Å². The van der Waals surface area contributed by atoms with Gasteiger partial charge in [0.25, 0.3) is 5.91 Å². The summed E-state index contributed by atoms with van der Waals surface area (Å²) in [5.74, 6) is -1.66. The largest absolute Gasteiger partial charge is 0.481 e. The Morgan fingerprint density at radius 2 is 1.81 bits per heavy atom. The fourth-order valence-corrected chi connectivity index (χ4v) is 3.07. The van der Waals surface area contributed by atoms with Gasteiger partial charge in [-0.25, -0.2) is 0 Å². The molecule has 2 heterocycles. The molecule has 1 aliphatic rings. The monoisotopic (exact) mass is 356 g/mol. The molecule has 0 saturated carbocycles. The van der Waals surface area contributed by atoms with E-state index in [0.717, 1.165) is 0 Å². The van der Waals surface area contributed by atoms with E-state index in [2.05, 4.69) is 9.97 Å². The Bertz CT molecular complexity index is 846. The average Bonchev–Trinajstić information content (AvgIpc) is 2.67. The SMILES string of the molecule is CN(CC(=O)N1CCC(C(=O)O)CC1)C(=O)c1ccc2nccnc2c1. The van der Waals surface area contributed by atoms with E-state index in [-0.39, 0.29) is 18.4 Å². The van der Waals surface area contributed by atoms with E-state index in [9.17, 15) is 14.4 Å². The first-order valence-corrected chi connectivity index (χ1v) is 8.42. The van der Waals surface area contributed by atoms with Crippen LogP contribution < -0.4 is 0 Å². The van der Waals surface area contributed by atoms with Crippen molar-refractivity contribution in [3.63, 3.8) is 0 Å². The van der Waals surface area contributed by atoms with Crippen LogP contribution in [0.5, 0.6) is 0 Å². The van der Waals surface area contributed by atoms with E-state index in [1.807, 2.05) is 0 Å². The Morgan fingerprint density at radius 1 is 1.15 bits per heavy atom. The number of carboxylic acid groups (broad SMARTS) is 1. The normalized spacial score (nSPS) is 15.0. The number of rotatable bonds is 4. The second-order valence-electron chi connectivity index (χ2n) is 6.41. The van der Waals surface area contributed by atoms with Crippen molar-refractivity contribution in [1.82, 2.24) is 19.8 Å². The number of likely N-dealkylation sites (tertiary alicyclic amines) is 1. The van der Waals surface area contributed by atoms with Gasteiger partial charge in [0, 0.05) is 38.1 Å². The number of aliphatic carboxylic acids is 1. The van der Waals surface area contributed by atoms with Gasteiger partial charge in [0.15, 0.2) is 0 Å².